The van der Waals surface area contributed by atoms with Crippen molar-refractivity contribution >= 4 is 86.7 Å². The Morgan fingerprint density at radius 1 is 0.469 bits per heavy atom. The molecule has 6 aromatic heterocycles. The lowest BCUT2D eigenvalue weighted by molar-refractivity contribution is 0.633. The fourth-order valence-electron chi connectivity index (χ4n) is 8.41. The molecule has 12 aromatic rings. The molecule has 0 unspecified atom stereocenters. The number of rotatable bonds is 8. The SMILES string of the molecule is NCCc1ccc(-n2cnc3cnc4cc(F)c(-c5cc6ccccc6s5)cc4c32)cc1.NCCc1ccc(-n2cnc3cnc4cc(F)c(-c5cc6ccccc6s5)cc4c32)cc1. The van der Waals surface area contributed by atoms with Gasteiger partial charge in [0.15, 0.2) is 0 Å². The number of benzene rings is 6. The third-order valence-corrected chi connectivity index (χ3v) is 13.9. The third-order valence-electron chi connectivity index (χ3n) is 11.6. The van der Waals surface area contributed by atoms with E-state index in [0.717, 1.165) is 87.0 Å². The molecule has 6 heterocycles. The molecule has 0 saturated heterocycles. The van der Waals surface area contributed by atoms with E-state index < -0.39 is 0 Å². The van der Waals surface area contributed by atoms with E-state index in [1.54, 1.807) is 47.7 Å². The molecule has 0 fully saturated rings. The number of thiophene rings is 2. The Labute approximate surface area is 373 Å². The minimum Gasteiger partial charge on any atom is -0.330 e. The molecule has 64 heavy (non-hydrogen) atoms. The minimum atomic E-state index is -0.270. The summed E-state index contributed by atoms with van der Waals surface area (Å²) in [5.41, 5.74) is 21.5. The Hall–Kier alpha value is -7.22. The van der Waals surface area contributed by atoms with Crippen molar-refractivity contribution < 1.29 is 8.78 Å². The van der Waals surface area contributed by atoms with Crippen LogP contribution in [0.3, 0.4) is 0 Å². The summed E-state index contributed by atoms with van der Waals surface area (Å²) in [6, 6.07) is 43.8. The number of nitrogens with zero attached hydrogens (tertiary/aromatic N) is 6. The van der Waals surface area contributed by atoms with Crippen molar-refractivity contribution in [1.82, 2.24) is 29.1 Å². The zero-order chi connectivity index (χ0) is 43.3. The second kappa shape index (κ2) is 16.5. The van der Waals surface area contributed by atoms with Gasteiger partial charge in [-0.15, -0.1) is 22.7 Å². The molecule has 0 amide bonds. The molecule has 312 valence electrons. The Morgan fingerprint density at radius 2 is 0.891 bits per heavy atom. The highest BCUT2D eigenvalue weighted by atomic mass is 32.1. The Kier molecular flexibility index (Phi) is 10.2. The highest BCUT2D eigenvalue weighted by Gasteiger charge is 2.18. The molecular weight excluding hydrogens is 839 g/mol. The van der Waals surface area contributed by atoms with Crippen LogP contribution in [0.25, 0.3) is 96.3 Å². The fraction of sp³-hybridized carbons (Fsp3) is 0.0769. The molecule has 0 saturated carbocycles. The summed E-state index contributed by atoms with van der Waals surface area (Å²) in [5.74, 6) is -0.541. The van der Waals surface area contributed by atoms with Crippen LogP contribution >= 0.6 is 22.7 Å². The molecule has 0 spiro atoms. The number of hydrogen-bond acceptors (Lipinski definition) is 8. The largest absolute Gasteiger partial charge is 0.330 e. The van der Waals surface area contributed by atoms with Gasteiger partial charge in [0.25, 0.3) is 0 Å². The number of aromatic nitrogens is 6. The molecule has 12 rings (SSSR count). The van der Waals surface area contributed by atoms with E-state index in [1.165, 1.54) is 23.3 Å². The first-order valence-electron chi connectivity index (χ1n) is 20.9. The first-order chi connectivity index (χ1) is 31.4. The number of halogens is 2. The van der Waals surface area contributed by atoms with E-state index in [4.69, 9.17) is 11.5 Å². The summed E-state index contributed by atoms with van der Waals surface area (Å²) in [4.78, 5) is 19.8. The molecule has 8 nitrogen and oxygen atoms in total. The predicted molar refractivity (Wildman–Crippen MR) is 260 cm³/mol. The van der Waals surface area contributed by atoms with Crippen LogP contribution in [-0.2, 0) is 12.8 Å². The van der Waals surface area contributed by atoms with Gasteiger partial charge in [0.2, 0.25) is 0 Å². The van der Waals surface area contributed by atoms with Crippen LogP contribution in [-0.4, -0.2) is 42.2 Å². The zero-order valence-corrected chi connectivity index (χ0v) is 35.9. The summed E-state index contributed by atoms with van der Waals surface area (Å²) in [7, 11) is 0. The van der Waals surface area contributed by atoms with Crippen LogP contribution in [0.2, 0.25) is 0 Å². The van der Waals surface area contributed by atoms with Gasteiger partial charge in [-0.25, -0.2) is 18.7 Å². The average molecular weight is 877 g/mol. The van der Waals surface area contributed by atoms with E-state index in [9.17, 15) is 0 Å². The predicted octanol–water partition coefficient (Wildman–Crippen LogP) is 12.2. The number of nitrogens with two attached hydrogens (primary N) is 2. The van der Waals surface area contributed by atoms with E-state index in [1.807, 2.05) is 57.7 Å². The van der Waals surface area contributed by atoms with Crippen LogP contribution in [0.5, 0.6) is 0 Å². The van der Waals surface area contributed by atoms with E-state index in [0.29, 0.717) is 35.2 Å². The Balaban J connectivity index is 0.000000143. The molecule has 0 bridgehead atoms. The third kappa shape index (κ3) is 7.16. The van der Waals surface area contributed by atoms with Crippen LogP contribution < -0.4 is 11.5 Å². The van der Waals surface area contributed by atoms with Crippen LogP contribution in [0, 0.1) is 11.6 Å². The van der Waals surface area contributed by atoms with Gasteiger partial charge in [0.05, 0.1) is 34.5 Å². The van der Waals surface area contributed by atoms with Crippen molar-refractivity contribution in [3.05, 3.63) is 181 Å². The number of hydrogen-bond donors (Lipinski definition) is 2. The molecular formula is C52H38F2N8S2. The van der Waals surface area contributed by atoms with Gasteiger partial charge < -0.3 is 11.5 Å². The average Bonchev–Trinajstić information content (AvgIpc) is 4.14. The summed E-state index contributed by atoms with van der Waals surface area (Å²) >= 11 is 3.19. The van der Waals surface area contributed by atoms with Gasteiger partial charge in [0, 0.05) is 64.6 Å². The maximum atomic E-state index is 15.1. The molecule has 6 aromatic carbocycles. The zero-order valence-electron chi connectivity index (χ0n) is 34.2. The van der Waals surface area contributed by atoms with Crippen molar-refractivity contribution in [2.45, 2.75) is 12.8 Å². The van der Waals surface area contributed by atoms with Gasteiger partial charge >= 0.3 is 0 Å². The van der Waals surface area contributed by atoms with Crippen molar-refractivity contribution in [2.24, 2.45) is 11.5 Å². The number of fused-ring (bicyclic) bond motifs is 8. The van der Waals surface area contributed by atoms with E-state index >= 15 is 8.78 Å². The second-order valence-electron chi connectivity index (χ2n) is 15.6. The van der Waals surface area contributed by atoms with Crippen molar-refractivity contribution in [3.63, 3.8) is 0 Å². The maximum absolute atomic E-state index is 15.1. The Morgan fingerprint density at radius 3 is 1.30 bits per heavy atom. The molecule has 12 heteroatoms. The molecule has 0 radical (unpaired) electrons. The maximum Gasteiger partial charge on any atom is 0.134 e. The molecule has 4 N–H and O–H groups in total. The molecule has 0 aliphatic rings. The quantitative estimate of drug-likeness (QED) is 0.157. The minimum absolute atomic E-state index is 0.270. The van der Waals surface area contributed by atoms with Crippen LogP contribution in [0.1, 0.15) is 11.1 Å². The smallest absolute Gasteiger partial charge is 0.134 e. The van der Waals surface area contributed by atoms with Gasteiger partial charge in [-0.1, -0.05) is 60.7 Å². The van der Waals surface area contributed by atoms with Crippen molar-refractivity contribution in [2.75, 3.05) is 13.1 Å². The van der Waals surface area contributed by atoms with E-state index in [2.05, 4.69) is 92.7 Å². The lowest BCUT2D eigenvalue weighted by Crippen LogP contribution is -2.02. The van der Waals surface area contributed by atoms with Crippen molar-refractivity contribution in [3.8, 4) is 32.3 Å². The van der Waals surface area contributed by atoms with Gasteiger partial charge in [-0.3, -0.25) is 19.1 Å². The Bertz CT molecular complexity index is 3370. The molecule has 0 atom stereocenters. The summed E-state index contributed by atoms with van der Waals surface area (Å²) in [6.07, 6.45) is 8.69. The topological polar surface area (TPSA) is 113 Å². The first kappa shape index (κ1) is 39.6. The lowest BCUT2D eigenvalue weighted by atomic mass is 10.1. The van der Waals surface area contributed by atoms with Crippen LogP contribution in [0.15, 0.2) is 159 Å². The highest BCUT2D eigenvalue weighted by molar-refractivity contribution is 7.22. The highest BCUT2D eigenvalue weighted by Crippen LogP contribution is 2.40. The monoisotopic (exact) mass is 876 g/mol. The van der Waals surface area contributed by atoms with Gasteiger partial charge in [-0.2, -0.15) is 0 Å². The van der Waals surface area contributed by atoms with Gasteiger partial charge in [-0.05, 0) is 108 Å². The van der Waals surface area contributed by atoms with Crippen LogP contribution in [0.4, 0.5) is 8.78 Å². The fourth-order valence-corrected chi connectivity index (χ4v) is 10.6. The normalized spacial score (nSPS) is 11.7. The summed E-state index contributed by atoms with van der Waals surface area (Å²) in [5, 5.41) is 3.98. The summed E-state index contributed by atoms with van der Waals surface area (Å²) in [6.45, 7) is 1.24. The molecule has 0 aliphatic carbocycles. The number of imidazole rings is 2. The van der Waals surface area contributed by atoms with Gasteiger partial charge in [0.1, 0.15) is 35.3 Å². The van der Waals surface area contributed by atoms with Crippen molar-refractivity contribution in [1.29, 1.82) is 0 Å². The summed E-state index contributed by atoms with van der Waals surface area (Å²) < 4.78 is 36.6. The molecule has 0 aliphatic heterocycles. The standard InChI is InChI=1S/2C26H19FN4S/c2*27-21-13-22-20(12-19(21)25-11-17-3-1-2-4-24(17)32-25)26-23(14-29-22)30-15-31(26)18-7-5-16(6-8-18)9-10-28/h2*1-8,11-15H,9-10,28H2. The lowest BCUT2D eigenvalue weighted by Gasteiger charge is -2.09. The number of pyridine rings is 2. The first-order valence-corrected chi connectivity index (χ1v) is 22.5. The second-order valence-corrected chi connectivity index (χ2v) is 17.8. The van der Waals surface area contributed by atoms with E-state index in [-0.39, 0.29) is 11.6 Å².